The Morgan fingerprint density at radius 1 is 1.07 bits per heavy atom. The monoisotopic (exact) mass is 393 g/mol. The van der Waals surface area contributed by atoms with Crippen LogP contribution >= 0.6 is 0 Å². The number of methoxy groups -OCH3 is 1. The molecule has 0 spiro atoms. The summed E-state index contributed by atoms with van der Waals surface area (Å²) >= 11 is 0. The highest BCUT2D eigenvalue weighted by molar-refractivity contribution is 5.92. The van der Waals surface area contributed by atoms with E-state index in [1.54, 1.807) is 12.1 Å². The molecular weight excluding hydrogens is 368 g/mol. The molecule has 6 nitrogen and oxygen atoms in total. The molecule has 0 fully saturated rings. The molecule has 3 N–H and O–H groups in total. The Balaban J connectivity index is 1.91. The van der Waals surface area contributed by atoms with E-state index in [-0.39, 0.29) is 23.6 Å². The molecule has 2 rings (SSSR count). The fourth-order valence-corrected chi connectivity index (χ4v) is 2.45. The van der Waals surface area contributed by atoms with E-state index in [4.69, 9.17) is 15.2 Å². The fourth-order valence-electron chi connectivity index (χ4n) is 2.45. The average molecular weight is 393 g/mol. The number of hydrogen-bond donors (Lipinski definition) is 2. The minimum Gasteiger partial charge on any atom is -0.493 e. The van der Waals surface area contributed by atoms with Crippen molar-refractivity contribution in [2.75, 3.05) is 19.0 Å². The Kier molecular flexibility index (Phi) is 7.86. The van der Waals surface area contributed by atoms with Crippen LogP contribution in [0.5, 0.6) is 17.2 Å². The molecule has 28 heavy (non-hydrogen) atoms. The van der Waals surface area contributed by atoms with E-state index in [9.17, 15) is 8.78 Å². The summed E-state index contributed by atoms with van der Waals surface area (Å²) in [7, 11) is 1.39. The molecule has 0 radical (unpaired) electrons. The largest absolute Gasteiger partial charge is 0.493 e. The normalized spacial score (nSPS) is 11.6. The van der Waals surface area contributed by atoms with E-state index in [0.717, 1.165) is 17.0 Å². The third-order valence-corrected chi connectivity index (χ3v) is 3.63. The van der Waals surface area contributed by atoms with Crippen LogP contribution in [0.15, 0.2) is 47.5 Å². The molecule has 0 aliphatic heterocycles. The van der Waals surface area contributed by atoms with Gasteiger partial charge in [-0.3, -0.25) is 4.99 Å². The van der Waals surface area contributed by atoms with Gasteiger partial charge < -0.3 is 25.3 Å². The third-order valence-electron chi connectivity index (χ3n) is 3.63. The van der Waals surface area contributed by atoms with Crippen LogP contribution in [-0.4, -0.2) is 32.3 Å². The van der Waals surface area contributed by atoms with Crippen LogP contribution in [0.25, 0.3) is 0 Å². The van der Waals surface area contributed by atoms with Gasteiger partial charge in [-0.05, 0) is 62.2 Å². The van der Waals surface area contributed by atoms with Crippen LogP contribution in [-0.2, 0) is 6.42 Å². The second-order valence-electron chi connectivity index (χ2n) is 6.20. The lowest BCUT2D eigenvalue weighted by Crippen LogP contribution is -2.23. The van der Waals surface area contributed by atoms with Crippen molar-refractivity contribution in [2.24, 2.45) is 10.7 Å². The maximum absolute atomic E-state index is 12.5. The maximum Gasteiger partial charge on any atom is 0.387 e. The van der Waals surface area contributed by atoms with Crippen molar-refractivity contribution < 1.29 is 23.0 Å². The minimum absolute atomic E-state index is 0.00576. The van der Waals surface area contributed by atoms with Gasteiger partial charge in [-0.15, -0.1) is 0 Å². The molecule has 2 aromatic rings. The molecule has 0 saturated heterocycles. The number of anilines is 1. The number of rotatable bonds is 9. The van der Waals surface area contributed by atoms with Crippen LogP contribution in [0.3, 0.4) is 0 Å². The predicted octanol–water partition coefficient (Wildman–Crippen LogP) is 4.05. The van der Waals surface area contributed by atoms with E-state index < -0.39 is 6.61 Å². The lowest BCUT2D eigenvalue weighted by Gasteiger charge is -2.11. The van der Waals surface area contributed by atoms with Crippen molar-refractivity contribution in [1.29, 1.82) is 0 Å². The quantitative estimate of drug-likeness (QED) is 0.496. The minimum atomic E-state index is -2.92. The van der Waals surface area contributed by atoms with Gasteiger partial charge in [-0.2, -0.15) is 8.78 Å². The molecule has 0 bridgehead atoms. The maximum atomic E-state index is 12.5. The van der Waals surface area contributed by atoms with Gasteiger partial charge in [-0.1, -0.05) is 6.07 Å². The number of nitrogens with one attached hydrogen (secondary N) is 1. The lowest BCUT2D eigenvalue weighted by molar-refractivity contribution is -0.0512. The Bertz CT molecular complexity index is 781. The summed E-state index contributed by atoms with van der Waals surface area (Å²) < 4.78 is 40.0. The first-order chi connectivity index (χ1) is 13.4. The van der Waals surface area contributed by atoms with Crippen LogP contribution in [0.2, 0.25) is 0 Å². The molecular formula is C20H25F2N3O3. The van der Waals surface area contributed by atoms with Crippen molar-refractivity contribution in [2.45, 2.75) is 33.0 Å². The first kappa shape index (κ1) is 21.3. The number of aliphatic imine (C=N–C) groups is 1. The number of guanidine groups is 1. The Labute approximate surface area is 163 Å². The Morgan fingerprint density at radius 2 is 1.79 bits per heavy atom. The summed E-state index contributed by atoms with van der Waals surface area (Å²) in [5, 5.41) is 2.99. The molecule has 0 aliphatic carbocycles. The molecule has 152 valence electrons. The van der Waals surface area contributed by atoms with E-state index in [1.165, 1.54) is 13.2 Å². The van der Waals surface area contributed by atoms with E-state index in [1.807, 2.05) is 38.1 Å². The Hall–Kier alpha value is -3.03. The zero-order chi connectivity index (χ0) is 20.5. The number of hydrogen-bond acceptors (Lipinski definition) is 4. The first-order valence-corrected chi connectivity index (χ1v) is 8.82. The third kappa shape index (κ3) is 6.94. The van der Waals surface area contributed by atoms with Crippen molar-refractivity contribution in [3.63, 3.8) is 0 Å². The van der Waals surface area contributed by atoms with Crippen LogP contribution in [0.1, 0.15) is 19.4 Å². The number of nitrogens with two attached hydrogens (primary N) is 1. The van der Waals surface area contributed by atoms with Gasteiger partial charge in [-0.25, -0.2) is 0 Å². The number of halogens is 2. The van der Waals surface area contributed by atoms with Crippen molar-refractivity contribution in [3.8, 4) is 17.2 Å². The topological polar surface area (TPSA) is 78.1 Å². The van der Waals surface area contributed by atoms with Crippen LogP contribution in [0, 0.1) is 0 Å². The van der Waals surface area contributed by atoms with E-state index >= 15 is 0 Å². The van der Waals surface area contributed by atoms with Crippen molar-refractivity contribution in [3.05, 3.63) is 48.0 Å². The summed E-state index contributed by atoms with van der Waals surface area (Å²) in [5.41, 5.74) is 7.46. The first-order valence-electron chi connectivity index (χ1n) is 8.82. The summed E-state index contributed by atoms with van der Waals surface area (Å²) in [6.07, 6.45) is 0.614. The smallest absolute Gasteiger partial charge is 0.387 e. The van der Waals surface area contributed by atoms with E-state index in [2.05, 4.69) is 15.0 Å². The molecule has 0 saturated carbocycles. The number of ether oxygens (including phenoxy) is 3. The zero-order valence-corrected chi connectivity index (χ0v) is 16.1. The molecule has 0 aliphatic rings. The molecule has 2 aromatic carbocycles. The van der Waals surface area contributed by atoms with Gasteiger partial charge in [0.05, 0.1) is 13.2 Å². The van der Waals surface area contributed by atoms with Crippen molar-refractivity contribution >= 4 is 11.6 Å². The standard InChI is InChI=1S/C20H25F2N3O3/c1-13(2)27-16-7-5-15(6-8-16)25-20(23)24-11-10-14-4-9-17(26-3)18(12-14)28-19(21)22/h4-9,12-13,19H,10-11H2,1-3H3,(H3,23,24,25). The van der Waals surface area contributed by atoms with Gasteiger partial charge >= 0.3 is 6.61 Å². The van der Waals surface area contributed by atoms with Gasteiger partial charge in [0.2, 0.25) is 0 Å². The van der Waals surface area contributed by atoms with Gasteiger partial charge in [0, 0.05) is 12.2 Å². The highest BCUT2D eigenvalue weighted by Crippen LogP contribution is 2.29. The van der Waals surface area contributed by atoms with Crippen molar-refractivity contribution in [1.82, 2.24) is 0 Å². The summed E-state index contributed by atoms with van der Waals surface area (Å²) in [6, 6.07) is 12.2. The number of nitrogens with zero attached hydrogens (tertiary/aromatic N) is 1. The SMILES string of the molecule is COc1ccc(CCN=C(N)Nc2ccc(OC(C)C)cc2)cc1OC(F)F. The van der Waals surface area contributed by atoms with Crippen LogP contribution in [0.4, 0.5) is 14.5 Å². The summed E-state index contributed by atoms with van der Waals surface area (Å²) in [6.45, 7) is 1.39. The molecule has 0 amide bonds. The van der Waals surface area contributed by atoms with Gasteiger partial charge in [0.25, 0.3) is 0 Å². The molecule has 8 heteroatoms. The predicted molar refractivity (Wildman–Crippen MR) is 106 cm³/mol. The molecule has 0 aromatic heterocycles. The lowest BCUT2D eigenvalue weighted by atomic mass is 10.1. The van der Waals surface area contributed by atoms with Crippen LogP contribution < -0.4 is 25.3 Å². The van der Waals surface area contributed by atoms with Gasteiger partial charge in [0.1, 0.15) is 5.75 Å². The number of benzene rings is 2. The zero-order valence-electron chi connectivity index (χ0n) is 16.1. The fraction of sp³-hybridized carbons (Fsp3) is 0.350. The summed E-state index contributed by atoms with van der Waals surface area (Å²) in [4.78, 5) is 4.25. The summed E-state index contributed by atoms with van der Waals surface area (Å²) in [5.74, 6) is 1.28. The average Bonchev–Trinajstić information content (AvgIpc) is 2.63. The number of alkyl halides is 2. The molecule has 0 unspecified atom stereocenters. The highest BCUT2D eigenvalue weighted by Gasteiger charge is 2.11. The van der Waals surface area contributed by atoms with Gasteiger partial charge in [0.15, 0.2) is 17.5 Å². The second-order valence-corrected chi connectivity index (χ2v) is 6.20. The molecule has 0 heterocycles. The highest BCUT2D eigenvalue weighted by atomic mass is 19.3. The molecule has 0 atom stereocenters. The second kappa shape index (κ2) is 10.3. The van der Waals surface area contributed by atoms with E-state index in [0.29, 0.717) is 13.0 Å². The Morgan fingerprint density at radius 3 is 2.39 bits per heavy atom.